The lowest BCUT2D eigenvalue weighted by molar-refractivity contribution is 0.475. The van der Waals surface area contributed by atoms with Crippen molar-refractivity contribution in [3.8, 4) is 17.0 Å². The highest BCUT2D eigenvalue weighted by atomic mass is 32.2. The summed E-state index contributed by atoms with van der Waals surface area (Å²) in [6.07, 6.45) is 3.63. The Kier molecular flexibility index (Phi) is 2.64. The molecule has 1 N–H and O–H groups in total. The Labute approximate surface area is 108 Å². The van der Waals surface area contributed by atoms with Crippen molar-refractivity contribution in [3.05, 3.63) is 36.5 Å². The number of thioether (sulfide) groups is 1. The summed E-state index contributed by atoms with van der Waals surface area (Å²) in [6, 6.07) is 8.84. The van der Waals surface area contributed by atoms with Gasteiger partial charge >= 0.3 is 0 Å². The quantitative estimate of drug-likeness (QED) is 0.714. The van der Waals surface area contributed by atoms with Crippen molar-refractivity contribution in [1.82, 2.24) is 19.6 Å². The SMILES string of the molecule is CSc1nc2nccc(-c3ccc(O)cc3)n2n1. The van der Waals surface area contributed by atoms with Gasteiger partial charge in [0.15, 0.2) is 0 Å². The number of hydrogen-bond acceptors (Lipinski definition) is 5. The summed E-state index contributed by atoms with van der Waals surface area (Å²) < 4.78 is 1.71. The molecule has 3 rings (SSSR count). The summed E-state index contributed by atoms with van der Waals surface area (Å²) in [7, 11) is 0. The number of benzene rings is 1. The molecule has 2 aromatic heterocycles. The number of rotatable bonds is 2. The minimum atomic E-state index is 0.243. The van der Waals surface area contributed by atoms with E-state index in [0.29, 0.717) is 10.9 Å². The fourth-order valence-electron chi connectivity index (χ4n) is 1.71. The van der Waals surface area contributed by atoms with E-state index in [1.807, 2.05) is 24.5 Å². The van der Waals surface area contributed by atoms with Gasteiger partial charge in [0, 0.05) is 11.8 Å². The molecule has 5 nitrogen and oxygen atoms in total. The second-order valence-corrected chi connectivity index (χ2v) is 4.46. The highest BCUT2D eigenvalue weighted by molar-refractivity contribution is 7.98. The van der Waals surface area contributed by atoms with Crippen molar-refractivity contribution in [1.29, 1.82) is 0 Å². The molecule has 0 saturated carbocycles. The Hall–Kier alpha value is -2.08. The number of phenolic OH excluding ortho intramolecular Hbond substituents is 1. The maximum absolute atomic E-state index is 9.31. The van der Waals surface area contributed by atoms with E-state index in [-0.39, 0.29) is 5.75 Å². The van der Waals surface area contributed by atoms with Crippen LogP contribution in [0.25, 0.3) is 17.0 Å². The first-order valence-electron chi connectivity index (χ1n) is 5.33. The molecular formula is C12H10N4OS. The average molecular weight is 258 g/mol. The monoisotopic (exact) mass is 258 g/mol. The Morgan fingerprint density at radius 2 is 1.94 bits per heavy atom. The second kappa shape index (κ2) is 4.30. The van der Waals surface area contributed by atoms with Gasteiger partial charge < -0.3 is 5.11 Å². The van der Waals surface area contributed by atoms with E-state index in [2.05, 4.69) is 15.1 Å². The Morgan fingerprint density at radius 1 is 1.17 bits per heavy atom. The zero-order valence-corrected chi connectivity index (χ0v) is 10.4. The van der Waals surface area contributed by atoms with Gasteiger partial charge in [0.25, 0.3) is 5.78 Å². The lowest BCUT2D eigenvalue weighted by Crippen LogP contribution is -1.95. The molecular weight excluding hydrogens is 248 g/mol. The summed E-state index contributed by atoms with van der Waals surface area (Å²) >= 11 is 1.48. The summed E-state index contributed by atoms with van der Waals surface area (Å²) in [5.74, 6) is 0.817. The van der Waals surface area contributed by atoms with Gasteiger partial charge in [-0.25, -0.2) is 4.98 Å². The molecule has 2 heterocycles. The molecule has 0 saturated heterocycles. The zero-order valence-electron chi connectivity index (χ0n) is 9.61. The van der Waals surface area contributed by atoms with Crippen molar-refractivity contribution in [2.24, 2.45) is 0 Å². The smallest absolute Gasteiger partial charge is 0.253 e. The first-order valence-corrected chi connectivity index (χ1v) is 6.55. The molecule has 18 heavy (non-hydrogen) atoms. The molecule has 0 aliphatic rings. The number of phenols is 1. The number of aromatic nitrogens is 4. The number of nitrogens with zero attached hydrogens (tertiary/aromatic N) is 4. The molecule has 0 atom stereocenters. The van der Waals surface area contributed by atoms with Crippen LogP contribution in [0.15, 0.2) is 41.7 Å². The van der Waals surface area contributed by atoms with Crippen molar-refractivity contribution in [2.75, 3.05) is 6.26 Å². The van der Waals surface area contributed by atoms with Crippen LogP contribution in [0.4, 0.5) is 0 Å². The average Bonchev–Trinajstić information content (AvgIpc) is 2.82. The lowest BCUT2D eigenvalue weighted by Gasteiger charge is -2.03. The molecule has 0 bridgehead atoms. The van der Waals surface area contributed by atoms with Crippen molar-refractivity contribution < 1.29 is 5.11 Å². The Balaban J connectivity index is 2.22. The van der Waals surface area contributed by atoms with Crippen LogP contribution in [0.3, 0.4) is 0 Å². The minimum Gasteiger partial charge on any atom is -0.508 e. The first-order chi connectivity index (χ1) is 8.78. The van der Waals surface area contributed by atoms with E-state index >= 15 is 0 Å². The Bertz CT molecular complexity index is 693. The lowest BCUT2D eigenvalue weighted by atomic mass is 10.1. The van der Waals surface area contributed by atoms with Crippen molar-refractivity contribution in [3.63, 3.8) is 0 Å². The fourth-order valence-corrected chi connectivity index (χ4v) is 2.05. The van der Waals surface area contributed by atoms with Gasteiger partial charge in [0.2, 0.25) is 5.16 Å². The topological polar surface area (TPSA) is 63.3 Å². The largest absolute Gasteiger partial charge is 0.508 e. The van der Waals surface area contributed by atoms with E-state index in [4.69, 9.17) is 0 Å². The Morgan fingerprint density at radius 3 is 2.67 bits per heavy atom. The second-order valence-electron chi connectivity index (χ2n) is 3.69. The third kappa shape index (κ3) is 1.80. The predicted octanol–water partition coefficient (Wildman–Crippen LogP) is 2.22. The maximum atomic E-state index is 9.31. The van der Waals surface area contributed by atoms with Crippen LogP contribution in [-0.4, -0.2) is 30.9 Å². The van der Waals surface area contributed by atoms with E-state index in [0.717, 1.165) is 11.3 Å². The van der Waals surface area contributed by atoms with Gasteiger partial charge in [-0.15, -0.1) is 5.10 Å². The van der Waals surface area contributed by atoms with Crippen LogP contribution in [0.5, 0.6) is 5.75 Å². The standard InChI is InChI=1S/C12H10N4OS/c1-18-12-14-11-13-7-6-10(16(11)15-12)8-2-4-9(17)5-3-8/h2-7,17H,1H3. The highest BCUT2D eigenvalue weighted by Gasteiger charge is 2.08. The van der Waals surface area contributed by atoms with Gasteiger partial charge in [-0.05, 0) is 36.6 Å². The van der Waals surface area contributed by atoms with Crippen molar-refractivity contribution in [2.45, 2.75) is 5.16 Å². The van der Waals surface area contributed by atoms with Gasteiger partial charge in [0.05, 0.1) is 5.69 Å². The molecule has 0 aliphatic heterocycles. The van der Waals surface area contributed by atoms with Gasteiger partial charge in [-0.1, -0.05) is 11.8 Å². The molecule has 0 spiro atoms. The molecule has 0 fully saturated rings. The maximum Gasteiger partial charge on any atom is 0.253 e. The summed E-state index contributed by atoms with van der Waals surface area (Å²) in [5, 5.41) is 14.4. The van der Waals surface area contributed by atoms with E-state index in [9.17, 15) is 5.11 Å². The molecule has 3 aromatic rings. The number of fused-ring (bicyclic) bond motifs is 1. The normalized spacial score (nSPS) is 10.9. The molecule has 0 aliphatic carbocycles. The third-order valence-corrected chi connectivity index (χ3v) is 3.10. The first kappa shape index (κ1) is 11.0. The van der Waals surface area contributed by atoms with E-state index in [1.165, 1.54) is 11.8 Å². The van der Waals surface area contributed by atoms with Crippen LogP contribution in [0.1, 0.15) is 0 Å². The van der Waals surface area contributed by atoms with Crippen LogP contribution in [0.2, 0.25) is 0 Å². The molecule has 0 amide bonds. The molecule has 0 unspecified atom stereocenters. The van der Waals surface area contributed by atoms with Gasteiger partial charge in [-0.2, -0.15) is 9.50 Å². The third-order valence-electron chi connectivity index (χ3n) is 2.57. The van der Waals surface area contributed by atoms with E-state index in [1.54, 1.807) is 22.8 Å². The van der Waals surface area contributed by atoms with Gasteiger partial charge in [-0.3, -0.25) is 0 Å². The van der Waals surface area contributed by atoms with Crippen LogP contribution < -0.4 is 0 Å². The predicted molar refractivity (Wildman–Crippen MR) is 69.7 cm³/mol. The molecule has 90 valence electrons. The van der Waals surface area contributed by atoms with E-state index < -0.39 is 0 Å². The fraction of sp³-hybridized carbons (Fsp3) is 0.0833. The molecule has 0 radical (unpaired) electrons. The molecule has 6 heteroatoms. The summed E-state index contributed by atoms with van der Waals surface area (Å²) in [6.45, 7) is 0. The minimum absolute atomic E-state index is 0.243. The summed E-state index contributed by atoms with van der Waals surface area (Å²) in [4.78, 5) is 8.47. The van der Waals surface area contributed by atoms with Crippen LogP contribution in [-0.2, 0) is 0 Å². The number of aromatic hydroxyl groups is 1. The van der Waals surface area contributed by atoms with Crippen molar-refractivity contribution >= 4 is 17.5 Å². The highest BCUT2D eigenvalue weighted by Crippen LogP contribution is 2.22. The van der Waals surface area contributed by atoms with Crippen LogP contribution in [0, 0.1) is 0 Å². The summed E-state index contributed by atoms with van der Waals surface area (Å²) in [5.41, 5.74) is 1.85. The number of hydrogen-bond donors (Lipinski definition) is 1. The van der Waals surface area contributed by atoms with Gasteiger partial charge in [0.1, 0.15) is 5.75 Å². The zero-order chi connectivity index (χ0) is 12.5. The molecule has 1 aromatic carbocycles. The van der Waals surface area contributed by atoms with Crippen LogP contribution >= 0.6 is 11.8 Å².